The number of amides is 3. The summed E-state index contributed by atoms with van der Waals surface area (Å²) in [5.74, 6) is -0.327. The van der Waals surface area contributed by atoms with Crippen LogP contribution in [0.15, 0.2) is 24.3 Å². The second-order valence-corrected chi connectivity index (χ2v) is 8.77. The number of nitrogens with zero attached hydrogens (tertiary/aromatic N) is 3. The van der Waals surface area contributed by atoms with Gasteiger partial charge in [0.25, 0.3) is 11.8 Å². The lowest BCUT2D eigenvalue weighted by molar-refractivity contribution is -0.120. The number of carbonyl (C=O) groups is 3. The summed E-state index contributed by atoms with van der Waals surface area (Å²) >= 11 is 2.90. The highest BCUT2D eigenvalue weighted by Crippen LogP contribution is 2.30. The fraction of sp³-hybridized carbons (Fsp3) is 0.450. The standard InChI is InChI=1S/C20H24N4O3S2/c1-4-12(5-2)17-22-23-20(29-17)21-16(25)15(10-11-28-3)24-18(26)13-8-6-7-9-14(13)19(24)27/h6-9,12,15H,4-5,10-11H2,1-3H3,(H,21,23,25). The minimum absolute atomic E-state index is 0.307. The van der Waals surface area contributed by atoms with E-state index in [0.29, 0.717) is 34.4 Å². The van der Waals surface area contributed by atoms with Crippen molar-refractivity contribution in [3.63, 3.8) is 0 Å². The molecule has 1 N–H and O–H groups in total. The van der Waals surface area contributed by atoms with Gasteiger partial charge in [0.05, 0.1) is 11.1 Å². The quantitative estimate of drug-likeness (QED) is 0.606. The van der Waals surface area contributed by atoms with Gasteiger partial charge in [-0.15, -0.1) is 10.2 Å². The molecule has 0 saturated heterocycles. The number of benzene rings is 1. The van der Waals surface area contributed by atoms with E-state index < -0.39 is 23.8 Å². The maximum atomic E-state index is 13.0. The number of hydrogen-bond donors (Lipinski definition) is 1. The van der Waals surface area contributed by atoms with Crippen LogP contribution >= 0.6 is 23.1 Å². The lowest BCUT2D eigenvalue weighted by atomic mass is 10.1. The molecule has 0 radical (unpaired) electrons. The molecule has 0 bridgehead atoms. The van der Waals surface area contributed by atoms with Crippen molar-refractivity contribution in [3.8, 4) is 0 Å². The Morgan fingerprint density at radius 1 is 1.14 bits per heavy atom. The maximum absolute atomic E-state index is 13.0. The molecule has 0 aliphatic carbocycles. The van der Waals surface area contributed by atoms with E-state index in [4.69, 9.17) is 0 Å². The Bertz CT molecular complexity index is 876. The number of imide groups is 1. The highest BCUT2D eigenvalue weighted by atomic mass is 32.2. The van der Waals surface area contributed by atoms with Crippen LogP contribution in [0.5, 0.6) is 0 Å². The molecule has 1 aliphatic rings. The largest absolute Gasteiger partial charge is 0.299 e. The molecule has 3 amide bonds. The Balaban J connectivity index is 1.81. The first kappa shape index (κ1) is 21.4. The topological polar surface area (TPSA) is 92.3 Å². The molecule has 1 aliphatic heterocycles. The number of aromatic nitrogens is 2. The fourth-order valence-electron chi connectivity index (χ4n) is 3.37. The first-order chi connectivity index (χ1) is 14.0. The molecule has 1 aromatic carbocycles. The number of nitrogens with one attached hydrogen (secondary N) is 1. The molecule has 29 heavy (non-hydrogen) atoms. The third-order valence-electron chi connectivity index (χ3n) is 5.04. The lowest BCUT2D eigenvalue weighted by Crippen LogP contribution is -2.47. The number of anilines is 1. The normalized spacial score (nSPS) is 14.4. The van der Waals surface area contributed by atoms with Gasteiger partial charge in [-0.05, 0) is 43.4 Å². The average molecular weight is 433 g/mol. The summed E-state index contributed by atoms with van der Waals surface area (Å²) in [4.78, 5) is 39.8. The Labute approximate surface area is 178 Å². The van der Waals surface area contributed by atoms with Crippen molar-refractivity contribution in [1.82, 2.24) is 15.1 Å². The molecule has 0 spiro atoms. The van der Waals surface area contributed by atoms with Crippen LogP contribution in [0.4, 0.5) is 5.13 Å². The van der Waals surface area contributed by atoms with Crippen molar-refractivity contribution in [2.45, 2.75) is 45.1 Å². The summed E-state index contributed by atoms with van der Waals surface area (Å²) in [5, 5.41) is 12.3. The van der Waals surface area contributed by atoms with Crippen LogP contribution in [0.2, 0.25) is 0 Å². The van der Waals surface area contributed by atoms with Gasteiger partial charge in [0.1, 0.15) is 11.0 Å². The van der Waals surface area contributed by atoms with Gasteiger partial charge in [0.2, 0.25) is 11.0 Å². The summed E-state index contributed by atoms with van der Waals surface area (Å²) in [6.07, 6.45) is 4.19. The first-order valence-electron chi connectivity index (χ1n) is 9.61. The van der Waals surface area contributed by atoms with Gasteiger partial charge in [-0.25, -0.2) is 0 Å². The zero-order valence-electron chi connectivity index (χ0n) is 16.7. The highest BCUT2D eigenvalue weighted by molar-refractivity contribution is 7.98. The molecule has 154 valence electrons. The maximum Gasteiger partial charge on any atom is 0.262 e. The number of thioether (sulfide) groups is 1. The third kappa shape index (κ3) is 4.35. The van der Waals surface area contributed by atoms with Gasteiger partial charge in [-0.1, -0.05) is 37.3 Å². The van der Waals surface area contributed by atoms with Gasteiger partial charge in [-0.2, -0.15) is 11.8 Å². The summed E-state index contributed by atoms with van der Waals surface area (Å²) < 4.78 is 0. The van der Waals surface area contributed by atoms with Gasteiger partial charge < -0.3 is 0 Å². The van der Waals surface area contributed by atoms with Crippen molar-refractivity contribution in [2.75, 3.05) is 17.3 Å². The molecule has 9 heteroatoms. The summed E-state index contributed by atoms with van der Waals surface area (Å²) in [7, 11) is 0. The average Bonchev–Trinajstić information content (AvgIpc) is 3.28. The molecule has 3 rings (SSSR count). The fourth-order valence-corrected chi connectivity index (χ4v) is 4.85. The van der Waals surface area contributed by atoms with E-state index in [0.717, 1.165) is 22.7 Å². The summed E-state index contributed by atoms with van der Waals surface area (Å²) in [6.45, 7) is 4.18. The van der Waals surface area contributed by atoms with Crippen molar-refractivity contribution in [2.24, 2.45) is 0 Å². The van der Waals surface area contributed by atoms with Gasteiger partial charge in [-0.3, -0.25) is 24.6 Å². The van der Waals surface area contributed by atoms with E-state index in [1.165, 1.54) is 11.3 Å². The molecular formula is C20H24N4O3S2. The molecule has 1 atom stereocenters. The van der Waals surface area contributed by atoms with Crippen LogP contribution in [0.1, 0.15) is 64.8 Å². The SMILES string of the molecule is CCC(CC)c1nnc(NC(=O)C(CCSC)N2C(=O)c3ccccc3C2=O)s1. The van der Waals surface area contributed by atoms with E-state index in [1.54, 1.807) is 36.0 Å². The van der Waals surface area contributed by atoms with Gasteiger partial charge in [0, 0.05) is 5.92 Å². The molecule has 1 unspecified atom stereocenters. The Kier molecular flexibility index (Phi) is 7.02. The minimum Gasteiger partial charge on any atom is -0.299 e. The Hall–Kier alpha value is -2.26. The monoisotopic (exact) mass is 432 g/mol. The molecule has 2 heterocycles. The van der Waals surface area contributed by atoms with E-state index in [9.17, 15) is 14.4 Å². The predicted octanol–water partition coefficient (Wildman–Crippen LogP) is 3.80. The number of rotatable bonds is 9. The first-order valence-corrected chi connectivity index (χ1v) is 11.8. The summed E-state index contributed by atoms with van der Waals surface area (Å²) in [6, 6.07) is 5.77. The van der Waals surface area contributed by atoms with Crippen molar-refractivity contribution >= 4 is 46.0 Å². The second-order valence-electron chi connectivity index (χ2n) is 6.77. The van der Waals surface area contributed by atoms with Crippen LogP contribution in [-0.4, -0.2) is 50.9 Å². The minimum atomic E-state index is -0.893. The molecular weight excluding hydrogens is 408 g/mol. The summed E-state index contributed by atoms with van der Waals surface area (Å²) in [5.41, 5.74) is 0.678. The molecule has 0 fully saturated rings. The van der Waals surface area contributed by atoms with Crippen molar-refractivity contribution in [3.05, 3.63) is 40.4 Å². The Morgan fingerprint density at radius 2 is 1.76 bits per heavy atom. The molecule has 2 aromatic rings. The smallest absolute Gasteiger partial charge is 0.262 e. The van der Waals surface area contributed by atoms with E-state index in [1.807, 2.05) is 6.26 Å². The zero-order valence-corrected chi connectivity index (χ0v) is 18.3. The zero-order chi connectivity index (χ0) is 21.0. The number of fused-ring (bicyclic) bond motifs is 1. The van der Waals surface area contributed by atoms with E-state index in [-0.39, 0.29) is 0 Å². The Morgan fingerprint density at radius 3 is 2.31 bits per heavy atom. The number of carbonyl (C=O) groups excluding carboxylic acids is 3. The molecule has 1 aromatic heterocycles. The highest BCUT2D eigenvalue weighted by Gasteiger charge is 2.42. The van der Waals surface area contributed by atoms with E-state index >= 15 is 0 Å². The van der Waals surface area contributed by atoms with Gasteiger partial charge >= 0.3 is 0 Å². The van der Waals surface area contributed by atoms with Crippen LogP contribution < -0.4 is 5.32 Å². The van der Waals surface area contributed by atoms with Crippen LogP contribution in [0.3, 0.4) is 0 Å². The molecule has 7 nitrogen and oxygen atoms in total. The van der Waals surface area contributed by atoms with Gasteiger partial charge in [0.15, 0.2) is 0 Å². The second kappa shape index (κ2) is 9.49. The predicted molar refractivity (Wildman–Crippen MR) is 116 cm³/mol. The van der Waals surface area contributed by atoms with Crippen LogP contribution in [0, 0.1) is 0 Å². The lowest BCUT2D eigenvalue weighted by Gasteiger charge is -2.24. The van der Waals surface area contributed by atoms with E-state index in [2.05, 4.69) is 29.4 Å². The third-order valence-corrected chi connectivity index (χ3v) is 6.69. The van der Waals surface area contributed by atoms with Crippen molar-refractivity contribution < 1.29 is 14.4 Å². The van der Waals surface area contributed by atoms with Crippen LogP contribution in [-0.2, 0) is 4.79 Å². The molecule has 0 saturated carbocycles. The van der Waals surface area contributed by atoms with Crippen molar-refractivity contribution in [1.29, 1.82) is 0 Å². The van der Waals surface area contributed by atoms with Crippen LogP contribution in [0.25, 0.3) is 0 Å². The number of hydrogen-bond acceptors (Lipinski definition) is 7.